The SMILES string of the molecule is B#C.CC.c1ccc(-c2ccc(-c3ccc(-c4ccc5[nH]c6ccc(-c7ccc(-c8ccc(-c9ccccc9)cc8)cc7)cc6c5c4)cc3)cc2)cc1. The average Bonchev–Trinajstić information content (AvgIpc) is 3.63. The molecule has 0 saturated heterocycles. The molecule has 0 radical (unpaired) electrons. The van der Waals surface area contributed by atoms with E-state index in [1.54, 1.807) is 0 Å². The molecule has 0 aliphatic carbocycles. The van der Waals surface area contributed by atoms with E-state index in [1.165, 1.54) is 77.5 Å². The Labute approximate surface area is 314 Å². The molecule has 9 rings (SSSR count). The van der Waals surface area contributed by atoms with Crippen molar-refractivity contribution < 1.29 is 0 Å². The van der Waals surface area contributed by atoms with E-state index in [4.69, 9.17) is 0 Å². The van der Waals surface area contributed by atoms with E-state index in [-0.39, 0.29) is 0 Å². The van der Waals surface area contributed by atoms with Gasteiger partial charge in [-0.05, 0) is 91.0 Å². The van der Waals surface area contributed by atoms with Crippen LogP contribution in [0.3, 0.4) is 0 Å². The van der Waals surface area contributed by atoms with Crippen molar-refractivity contribution in [3.63, 3.8) is 0 Å². The maximum atomic E-state index is 4.00. The molecule has 2 heteroatoms. The van der Waals surface area contributed by atoms with Gasteiger partial charge in [0, 0.05) is 21.8 Å². The Kier molecular flexibility index (Phi) is 10.6. The summed E-state index contributed by atoms with van der Waals surface area (Å²) in [7, 11) is 4.00. The fourth-order valence-corrected chi connectivity index (χ4v) is 6.94. The fraction of sp³-hybridized carbons (Fsp3) is 0.0392. The van der Waals surface area contributed by atoms with Gasteiger partial charge < -0.3 is 4.98 Å². The van der Waals surface area contributed by atoms with Gasteiger partial charge in [0.1, 0.15) is 0 Å². The molecule has 0 aliphatic heterocycles. The van der Waals surface area contributed by atoms with Crippen molar-refractivity contribution in [2.75, 3.05) is 0 Å². The second-order valence-corrected chi connectivity index (χ2v) is 12.7. The number of aromatic amines is 1. The standard InChI is InChI=1S/C48H33N.C2H6.CHB/c1-3-7-33(8-4-1)35-11-15-37(16-12-35)39-19-23-41(24-20-39)43-27-29-47-45(31-43)46-32-44(28-30-48(46)49-47)42-25-21-40(22-26-42)38-17-13-36(14-18-38)34-9-5-2-6-10-34;2*1-2/h1-32,49H;1-2H3;1H. The van der Waals surface area contributed by atoms with Crippen molar-refractivity contribution in [2.24, 2.45) is 0 Å². The molecule has 252 valence electrons. The molecule has 53 heavy (non-hydrogen) atoms. The molecule has 0 fully saturated rings. The number of hydrogen-bond donors (Lipinski definition) is 1. The molecular weight excluding hydrogens is 637 g/mol. The molecule has 0 spiro atoms. The van der Waals surface area contributed by atoms with Crippen LogP contribution in [0.1, 0.15) is 13.8 Å². The first-order chi connectivity index (χ1) is 26.2. The van der Waals surface area contributed by atoms with Crippen LogP contribution in [0.25, 0.3) is 88.6 Å². The summed E-state index contributed by atoms with van der Waals surface area (Å²) in [5, 5.41) is 2.48. The molecule has 1 aromatic heterocycles. The van der Waals surface area contributed by atoms with Gasteiger partial charge in [0.05, 0.1) is 0 Å². The fourth-order valence-electron chi connectivity index (χ4n) is 6.94. The van der Waals surface area contributed by atoms with E-state index in [0.29, 0.717) is 0 Å². The second kappa shape index (κ2) is 16.2. The van der Waals surface area contributed by atoms with E-state index in [2.05, 4.69) is 213 Å². The molecule has 1 N–H and O–H groups in total. The molecule has 0 saturated carbocycles. The third-order valence-electron chi connectivity index (χ3n) is 9.69. The molecule has 1 nitrogen and oxygen atoms in total. The third-order valence-corrected chi connectivity index (χ3v) is 9.69. The van der Waals surface area contributed by atoms with Crippen LogP contribution in [0, 0.1) is 6.31 Å². The number of fused-ring (bicyclic) bond motifs is 3. The summed E-state index contributed by atoms with van der Waals surface area (Å²) < 4.78 is 0. The van der Waals surface area contributed by atoms with Crippen molar-refractivity contribution in [3.05, 3.63) is 194 Å². The summed E-state index contributed by atoms with van der Waals surface area (Å²) in [5.41, 5.74) is 17.0. The summed E-state index contributed by atoms with van der Waals surface area (Å²) in [6.45, 7) is 4.00. The molecule has 0 aliphatic rings. The van der Waals surface area contributed by atoms with Gasteiger partial charge in [-0.1, -0.05) is 184 Å². The topological polar surface area (TPSA) is 15.8 Å². The summed E-state index contributed by atoms with van der Waals surface area (Å²) in [5.74, 6) is 0. The van der Waals surface area contributed by atoms with Gasteiger partial charge in [0.25, 0.3) is 0 Å². The zero-order chi connectivity index (χ0) is 36.6. The van der Waals surface area contributed by atoms with E-state index in [1.807, 2.05) is 13.8 Å². The number of H-pyrrole nitrogens is 1. The largest absolute Gasteiger partial charge is 0.355 e. The summed E-state index contributed by atoms with van der Waals surface area (Å²) in [6, 6.07) is 70.1. The van der Waals surface area contributed by atoms with Gasteiger partial charge in [-0.2, -0.15) is 0 Å². The van der Waals surface area contributed by atoms with Crippen molar-refractivity contribution in [2.45, 2.75) is 13.8 Å². The first kappa shape index (κ1) is 34.8. The zero-order valence-corrected chi connectivity index (χ0v) is 30.1. The summed E-state index contributed by atoms with van der Waals surface area (Å²) in [6.07, 6.45) is 4.00. The summed E-state index contributed by atoms with van der Waals surface area (Å²) >= 11 is 0. The minimum atomic E-state index is 1.15. The Balaban J connectivity index is 0.00000105. The number of hydrogen-bond acceptors (Lipinski definition) is 0. The monoisotopic (exact) mass is 677 g/mol. The molecular formula is C51H40BN. The number of benzene rings is 8. The number of aromatic nitrogens is 1. The second-order valence-electron chi connectivity index (χ2n) is 12.7. The average molecular weight is 678 g/mol. The molecule has 0 amide bonds. The van der Waals surface area contributed by atoms with Crippen LogP contribution in [-0.2, 0) is 0 Å². The Morgan fingerprint density at radius 3 is 0.755 bits per heavy atom. The third kappa shape index (κ3) is 7.42. The quantitative estimate of drug-likeness (QED) is 0.169. The van der Waals surface area contributed by atoms with E-state index in [9.17, 15) is 0 Å². The maximum absolute atomic E-state index is 4.00. The summed E-state index contributed by atoms with van der Waals surface area (Å²) in [4.78, 5) is 3.63. The van der Waals surface area contributed by atoms with Crippen LogP contribution in [0.4, 0.5) is 0 Å². The van der Waals surface area contributed by atoms with Crippen LogP contribution in [0.2, 0.25) is 0 Å². The van der Waals surface area contributed by atoms with E-state index >= 15 is 0 Å². The van der Waals surface area contributed by atoms with Gasteiger partial charge in [0.15, 0.2) is 0 Å². The maximum Gasteiger partial charge on any atom is 0.0465 e. The molecule has 0 atom stereocenters. The molecule has 0 unspecified atom stereocenters. The van der Waals surface area contributed by atoms with E-state index in [0.717, 1.165) is 11.0 Å². The van der Waals surface area contributed by atoms with Crippen LogP contribution >= 0.6 is 0 Å². The molecule has 0 bridgehead atoms. The van der Waals surface area contributed by atoms with Crippen LogP contribution in [0.5, 0.6) is 0 Å². The first-order valence-electron chi connectivity index (χ1n) is 18.2. The van der Waals surface area contributed by atoms with Gasteiger partial charge in [-0.25, -0.2) is 0 Å². The van der Waals surface area contributed by atoms with Crippen molar-refractivity contribution in [1.29, 1.82) is 0 Å². The van der Waals surface area contributed by atoms with E-state index < -0.39 is 0 Å². The van der Waals surface area contributed by atoms with Crippen molar-refractivity contribution >= 4 is 29.1 Å². The van der Waals surface area contributed by atoms with Crippen LogP contribution in [-0.4, -0.2) is 12.3 Å². The first-order valence-corrected chi connectivity index (χ1v) is 18.2. The Morgan fingerprint density at radius 2 is 0.491 bits per heavy atom. The van der Waals surface area contributed by atoms with Gasteiger partial charge in [0.2, 0.25) is 0 Å². The van der Waals surface area contributed by atoms with Gasteiger partial charge in [-0.3, -0.25) is 0 Å². The van der Waals surface area contributed by atoms with Crippen molar-refractivity contribution in [3.8, 4) is 73.1 Å². The smallest absolute Gasteiger partial charge is 0.0465 e. The minimum Gasteiger partial charge on any atom is -0.355 e. The Bertz CT molecular complexity index is 2400. The molecule has 1 heterocycles. The zero-order valence-electron chi connectivity index (χ0n) is 30.1. The Hall–Kier alpha value is -6.60. The van der Waals surface area contributed by atoms with Crippen molar-refractivity contribution in [1.82, 2.24) is 4.98 Å². The van der Waals surface area contributed by atoms with Gasteiger partial charge in [-0.15, -0.1) is 0 Å². The van der Waals surface area contributed by atoms with Crippen LogP contribution < -0.4 is 0 Å². The predicted octanol–water partition coefficient (Wildman–Crippen LogP) is 14.1. The number of rotatable bonds is 6. The van der Waals surface area contributed by atoms with Gasteiger partial charge >= 0.3 is 13.6 Å². The minimum absolute atomic E-state index is 1.15. The predicted molar refractivity (Wildman–Crippen MR) is 230 cm³/mol. The van der Waals surface area contributed by atoms with Crippen LogP contribution in [0.15, 0.2) is 194 Å². The Morgan fingerprint density at radius 1 is 0.283 bits per heavy atom. The normalized spacial score (nSPS) is 10.6. The molecule has 8 aromatic carbocycles. The molecule has 9 aromatic rings. The number of nitrogens with one attached hydrogen (secondary N) is 1.